The van der Waals surface area contributed by atoms with Crippen molar-refractivity contribution >= 4 is 5.78 Å². The van der Waals surface area contributed by atoms with E-state index in [-0.39, 0.29) is 11.7 Å². The van der Waals surface area contributed by atoms with Gasteiger partial charge in [0.2, 0.25) is 0 Å². The van der Waals surface area contributed by atoms with E-state index in [0.29, 0.717) is 6.42 Å². The van der Waals surface area contributed by atoms with Crippen LogP contribution in [-0.4, -0.2) is 17.0 Å². The monoisotopic (exact) mass is 130 g/mol. The molecule has 0 aliphatic rings. The summed E-state index contributed by atoms with van der Waals surface area (Å²) in [7, 11) is 0. The zero-order valence-electron chi connectivity index (χ0n) is 6.22. The van der Waals surface area contributed by atoms with E-state index in [4.69, 9.17) is 5.11 Å². The van der Waals surface area contributed by atoms with Crippen LogP contribution in [0.1, 0.15) is 27.2 Å². The molecule has 2 nitrogen and oxygen atoms in total. The molecule has 0 aromatic carbocycles. The normalized spacial score (nSPS) is 13.9. The summed E-state index contributed by atoms with van der Waals surface area (Å²) in [5.41, 5.74) is 0. The third-order valence-corrected chi connectivity index (χ3v) is 1.31. The van der Waals surface area contributed by atoms with E-state index >= 15 is 0 Å². The fourth-order valence-corrected chi connectivity index (χ4v) is 0.581. The summed E-state index contributed by atoms with van der Waals surface area (Å²) in [6, 6.07) is 0. The molecule has 0 spiro atoms. The van der Waals surface area contributed by atoms with E-state index < -0.39 is 6.10 Å². The third-order valence-electron chi connectivity index (χ3n) is 1.31. The molecule has 9 heavy (non-hydrogen) atoms. The topological polar surface area (TPSA) is 37.3 Å². The van der Waals surface area contributed by atoms with Crippen LogP contribution in [-0.2, 0) is 4.79 Å². The largest absolute Gasteiger partial charge is 0.385 e. The number of ketones is 1. The Morgan fingerprint density at radius 3 is 2.11 bits per heavy atom. The number of carbonyl (C=O) groups is 1. The Bertz CT molecular complexity index is 97.1. The molecule has 0 aromatic heterocycles. The Morgan fingerprint density at radius 1 is 1.56 bits per heavy atom. The summed E-state index contributed by atoms with van der Waals surface area (Å²) in [5.74, 6) is -0.0116. The van der Waals surface area contributed by atoms with Crippen LogP contribution in [0.5, 0.6) is 0 Å². The average Bonchev–Trinajstić information content (AvgIpc) is 1.84. The Kier molecular flexibility index (Phi) is 3.47. The number of hydrogen-bond acceptors (Lipinski definition) is 2. The van der Waals surface area contributed by atoms with Crippen LogP contribution in [0.25, 0.3) is 0 Å². The summed E-state index contributed by atoms with van der Waals surface area (Å²) >= 11 is 0. The minimum absolute atomic E-state index is 0.0532. The van der Waals surface area contributed by atoms with Gasteiger partial charge in [0.1, 0.15) is 6.10 Å². The van der Waals surface area contributed by atoms with Crippen molar-refractivity contribution in [2.75, 3.05) is 0 Å². The zero-order valence-corrected chi connectivity index (χ0v) is 6.22. The van der Waals surface area contributed by atoms with Crippen molar-refractivity contribution in [3.63, 3.8) is 0 Å². The maximum atomic E-state index is 10.7. The highest BCUT2D eigenvalue weighted by Gasteiger charge is 2.15. The Labute approximate surface area is 55.9 Å². The highest BCUT2D eigenvalue weighted by molar-refractivity contribution is 5.82. The van der Waals surface area contributed by atoms with Crippen molar-refractivity contribution in [1.29, 1.82) is 0 Å². The van der Waals surface area contributed by atoms with E-state index in [1.807, 2.05) is 13.8 Å². The standard InChI is InChI=1S/C7H14O2/c1-4-6(8)7(9)5(2)3/h5,7,9H,4H2,1-3H3/t7-/m0/s1. The molecule has 0 fully saturated rings. The zero-order chi connectivity index (χ0) is 7.44. The minimum Gasteiger partial charge on any atom is -0.385 e. The number of aliphatic hydroxyl groups excluding tert-OH is 1. The third kappa shape index (κ3) is 2.61. The highest BCUT2D eigenvalue weighted by atomic mass is 16.3. The van der Waals surface area contributed by atoms with Gasteiger partial charge in [-0.1, -0.05) is 20.8 Å². The second-order valence-electron chi connectivity index (χ2n) is 2.51. The van der Waals surface area contributed by atoms with Gasteiger partial charge in [-0.2, -0.15) is 0 Å². The molecule has 1 atom stereocenters. The number of aliphatic hydroxyl groups is 1. The van der Waals surface area contributed by atoms with Crippen molar-refractivity contribution in [3.8, 4) is 0 Å². The number of hydrogen-bond donors (Lipinski definition) is 1. The quantitative estimate of drug-likeness (QED) is 0.618. The molecule has 0 heterocycles. The first-order chi connectivity index (χ1) is 4.09. The fourth-order valence-electron chi connectivity index (χ4n) is 0.581. The van der Waals surface area contributed by atoms with E-state index in [1.165, 1.54) is 0 Å². The van der Waals surface area contributed by atoms with Crippen molar-refractivity contribution in [1.82, 2.24) is 0 Å². The lowest BCUT2D eigenvalue weighted by Crippen LogP contribution is -2.24. The molecule has 0 unspecified atom stereocenters. The molecule has 1 N–H and O–H groups in total. The van der Waals surface area contributed by atoms with Crippen LogP contribution in [0, 0.1) is 5.92 Å². The SMILES string of the molecule is CCC(=O)[C@@H](O)C(C)C. The lowest BCUT2D eigenvalue weighted by Gasteiger charge is -2.10. The van der Waals surface area contributed by atoms with Crippen molar-refractivity contribution < 1.29 is 9.90 Å². The Morgan fingerprint density at radius 2 is 2.00 bits per heavy atom. The summed E-state index contributed by atoms with van der Waals surface area (Å²) in [6.45, 7) is 5.42. The summed E-state index contributed by atoms with van der Waals surface area (Å²) in [6.07, 6.45) is -0.325. The molecule has 0 amide bonds. The number of Topliss-reactive ketones (excluding diaryl/α,β-unsaturated/α-hetero) is 1. The second kappa shape index (κ2) is 3.62. The second-order valence-corrected chi connectivity index (χ2v) is 2.51. The molecular formula is C7H14O2. The van der Waals surface area contributed by atoms with Gasteiger partial charge in [-0.25, -0.2) is 0 Å². The summed E-state index contributed by atoms with van der Waals surface area (Å²) in [5, 5.41) is 9.05. The summed E-state index contributed by atoms with van der Waals surface area (Å²) in [4.78, 5) is 10.7. The summed E-state index contributed by atoms with van der Waals surface area (Å²) < 4.78 is 0. The molecule has 0 radical (unpaired) electrons. The predicted octanol–water partition coefficient (Wildman–Crippen LogP) is 0.982. The molecule has 54 valence electrons. The number of rotatable bonds is 3. The first-order valence-corrected chi connectivity index (χ1v) is 3.30. The van der Waals surface area contributed by atoms with Crippen molar-refractivity contribution in [2.45, 2.75) is 33.3 Å². The minimum atomic E-state index is -0.755. The molecule has 2 heteroatoms. The lowest BCUT2D eigenvalue weighted by molar-refractivity contribution is -0.128. The Balaban J connectivity index is 3.72. The van der Waals surface area contributed by atoms with Gasteiger partial charge in [0, 0.05) is 6.42 Å². The van der Waals surface area contributed by atoms with E-state index in [0.717, 1.165) is 0 Å². The van der Waals surface area contributed by atoms with E-state index in [1.54, 1.807) is 6.92 Å². The van der Waals surface area contributed by atoms with E-state index in [9.17, 15) is 4.79 Å². The maximum Gasteiger partial charge on any atom is 0.161 e. The molecule has 0 saturated carbocycles. The van der Waals surface area contributed by atoms with Crippen LogP contribution in [0.15, 0.2) is 0 Å². The molecule has 0 aliphatic heterocycles. The van der Waals surface area contributed by atoms with Crippen LogP contribution in [0.4, 0.5) is 0 Å². The van der Waals surface area contributed by atoms with Gasteiger partial charge in [-0.05, 0) is 5.92 Å². The van der Waals surface area contributed by atoms with Gasteiger partial charge in [0.15, 0.2) is 5.78 Å². The Hall–Kier alpha value is -0.370. The fraction of sp³-hybridized carbons (Fsp3) is 0.857. The van der Waals surface area contributed by atoms with Gasteiger partial charge < -0.3 is 5.11 Å². The smallest absolute Gasteiger partial charge is 0.161 e. The van der Waals surface area contributed by atoms with Crippen LogP contribution in [0.2, 0.25) is 0 Å². The number of carbonyl (C=O) groups excluding carboxylic acids is 1. The molecular weight excluding hydrogens is 116 g/mol. The van der Waals surface area contributed by atoms with Crippen LogP contribution >= 0.6 is 0 Å². The van der Waals surface area contributed by atoms with Gasteiger partial charge in [0.05, 0.1) is 0 Å². The van der Waals surface area contributed by atoms with Crippen LogP contribution in [0.3, 0.4) is 0 Å². The average molecular weight is 130 g/mol. The molecule has 0 saturated heterocycles. The van der Waals surface area contributed by atoms with Gasteiger partial charge >= 0.3 is 0 Å². The van der Waals surface area contributed by atoms with Gasteiger partial charge in [0.25, 0.3) is 0 Å². The van der Waals surface area contributed by atoms with Crippen LogP contribution < -0.4 is 0 Å². The lowest BCUT2D eigenvalue weighted by atomic mass is 10.0. The molecule has 0 aliphatic carbocycles. The molecule has 0 rings (SSSR count). The highest BCUT2D eigenvalue weighted by Crippen LogP contribution is 2.03. The van der Waals surface area contributed by atoms with E-state index in [2.05, 4.69) is 0 Å². The first-order valence-electron chi connectivity index (χ1n) is 3.30. The van der Waals surface area contributed by atoms with Gasteiger partial charge in [-0.15, -0.1) is 0 Å². The van der Waals surface area contributed by atoms with Crippen molar-refractivity contribution in [3.05, 3.63) is 0 Å². The maximum absolute atomic E-state index is 10.7. The van der Waals surface area contributed by atoms with Crippen molar-refractivity contribution in [2.24, 2.45) is 5.92 Å². The molecule has 0 aromatic rings. The first kappa shape index (κ1) is 8.63. The van der Waals surface area contributed by atoms with Gasteiger partial charge in [-0.3, -0.25) is 4.79 Å². The molecule has 0 bridgehead atoms. The predicted molar refractivity (Wildman–Crippen MR) is 36.1 cm³/mol.